The fraction of sp³-hybridized carbons (Fsp3) is 0.875. The molecule has 0 fully saturated rings. The van der Waals surface area contributed by atoms with Crippen LogP contribution in [-0.2, 0) is 13.3 Å². The van der Waals surface area contributed by atoms with Crippen molar-refractivity contribution in [2.24, 2.45) is 0 Å². The van der Waals surface area contributed by atoms with E-state index < -0.39 is 8.80 Å². The molecule has 1 aliphatic rings. The molecule has 0 saturated heterocycles. The number of rotatable bonds is 7. The second-order valence-electron chi connectivity index (χ2n) is 5.24. The summed E-state index contributed by atoms with van der Waals surface area (Å²) in [6, 6.07) is 0. The van der Waals surface area contributed by atoms with E-state index >= 15 is 0 Å². The molecule has 0 aromatic heterocycles. The first-order valence-electron chi connectivity index (χ1n) is 8.40. The topological polar surface area (TPSA) is 27.7 Å². The molecule has 0 radical (unpaired) electrons. The minimum absolute atomic E-state index is 0.656. The van der Waals surface area contributed by atoms with E-state index in [0.29, 0.717) is 19.8 Å². The van der Waals surface area contributed by atoms with Gasteiger partial charge in [0.2, 0.25) is 0 Å². The van der Waals surface area contributed by atoms with Crippen LogP contribution in [0.1, 0.15) is 72.1 Å². The van der Waals surface area contributed by atoms with Crippen molar-refractivity contribution < 1.29 is 13.3 Å². The van der Waals surface area contributed by atoms with Crippen LogP contribution in [0.4, 0.5) is 0 Å². The van der Waals surface area contributed by atoms with Crippen LogP contribution >= 0.6 is 0 Å². The van der Waals surface area contributed by atoms with E-state index in [1.54, 1.807) is 0 Å². The van der Waals surface area contributed by atoms with Crippen LogP contribution in [0.3, 0.4) is 0 Å². The lowest BCUT2D eigenvalue weighted by Gasteiger charge is -2.31. The van der Waals surface area contributed by atoms with Crippen molar-refractivity contribution in [2.75, 3.05) is 19.8 Å². The lowest BCUT2D eigenvalue weighted by Crippen LogP contribution is -2.48. The number of hydrogen-bond acceptors (Lipinski definition) is 3. The number of allylic oxidation sites excluding steroid dienone is 2. The van der Waals surface area contributed by atoms with Gasteiger partial charge in [-0.25, -0.2) is 0 Å². The minimum Gasteiger partial charge on any atom is -0.370 e. The van der Waals surface area contributed by atoms with Crippen molar-refractivity contribution in [1.82, 2.24) is 0 Å². The highest BCUT2D eigenvalue weighted by atomic mass is 28.4. The van der Waals surface area contributed by atoms with E-state index in [1.165, 1.54) is 43.7 Å². The van der Waals surface area contributed by atoms with Crippen molar-refractivity contribution in [3.05, 3.63) is 11.3 Å². The van der Waals surface area contributed by atoms with Crippen LogP contribution in [0.2, 0.25) is 0 Å². The van der Waals surface area contributed by atoms with E-state index in [9.17, 15) is 0 Å². The molecule has 0 amide bonds. The third-order valence-corrected chi connectivity index (χ3v) is 6.93. The van der Waals surface area contributed by atoms with E-state index in [4.69, 9.17) is 13.3 Å². The van der Waals surface area contributed by atoms with Gasteiger partial charge in [-0.15, -0.1) is 0 Å². The third kappa shape index (κ3) is 5.68. The summed E-state index contributed by atoms with van der Waals surface area (Å²) in [5.74, 6) is 0. The minimum atomic E-state index is -2.63. The third-order valence-electron chi connectivity index (χ3n) is 3.69. The monoisotopic (exact) mass is 300 g/mol. The SMILES string of the molecule is CCO[Si](OCC)(OCC)/C1=C/CCCCCCCC1. The Morgan fingerprint density at radius 3 is 1.85 bits per heavy atom. The molecule has 0 aliphatic heterocycles. The highest BCUT2D eigenvalue weighted by Gasteiger charge is 2.44. The summed E-state index contributed by atoms with van der Waals surface area (Å²) in [6.07, 6.45) is 12.5. The van der Waals surface area contributed by atoms with Crippen LogP contribution in [-0.4, -0.2) is 28.6 Å². The van der Waals surface area contributed by atoms with Crippen LogP contribution in [0.15, 0.2) is 11.3 Å². The normalized spacial score (nSPS) is 21.2. The van der Waals surface area contributed by atoms with E-state index in [2.05, 4.69) is 6.08 Å². The van der Waals surface area contributed by atoms with Crippen molar-refractivity contribution >= 4 is 8.80 Å². The summed E-state index contributed by atoms with van der Waals surface area (Å²) in [7, 11) is -2.63. The molecular formula is C16H32O3Si. The van der Waals surface area contributed by atoms with E-state index in [0.717, 1.165) is 12.8 Å². The molecule has 3 nitrogen and oxygen atoms in total. The first-order chi connectivity index (χ1) is 9.79. The molecule has 1 aliphatic carbocycles. The summed E-state index contributed by atoms with van der Waals surface area (Å²) in [5.41, 5.74) is 0. The maximum atomic E-state index is 6.04. The fourth-order valence-corrected chi connectivity index (χ4v) is 5.62. The molecule has 4 heteroatoms. The maximum Gasteiger partial charge on any atom is 0.532 e. The molecule has 0 aromatic rings. The van der Waals surface area contributed by atoms with Gasteiger partial charge in [0, 0.05) is 19.8 Å². The van der Waals surface area contributed by atoms with Crippen LogP contribution < -0.4 is 0 Å². The summed E-state index contributed by atoms with van der Waals surface area (Å²) in [6.45, 7) is 8.05. The van der Waals surface area contributed by atoms with E-state index in [1.807, 2.05) is 20.8 Å². The standard InChI is InChI=1S/C16H32O3Si/c1-4-17-20(18-5-2,19-6-3)16-14-12-10-8-7-9-11-13-15-16/h14H,4-13,15H2,1-3H3/b16-14+. The molecular weight excluding hydrogens is 268 g/mol. The molecule has 0 unspecified atom stereocenters. The predicted molar refractivity (Wildman–Crippen MR) is 85.7 cm³/mol. The van der Waals surface area contributed by atoms with Crippen molar-refractivity contribution in [2.45, 2.75) is 72.1 Å². The first-order valence-corrected chi connectivity index (χ1v) is 10.1. The van der Waals surface area contributed by atoms with Gasteiger partial charge in [0.15, 0.2) is 0 Å². The molecule has 1 rings (SSSR count). The zero-order valence-corrected chi connectivity index (χ0v) is 14.6. The molecule has 20 heavy (non-hydrogen) atoms. The van der Waals surface area contributed by atoms with Crippen molar-refractivity contribution in [3.8, 4) is 0 Å². The van der Waals surface area contributed by atoms with Gasteiger partial charge in [-0.2, -0.15) is 0 Å². The summed E-state index contributed by atoms with van der Waals surface area (Å²) in [5, 5.41) is 1.32. The molecule has 0 heterocycles. The fourth-order valence-electron chi connectivity index (χ4n) is 2.80. The Morgan fingerprint density at radius 2 is 1.30 bits per heavy atom. The van der Waals surface area contributed by atoms with Gasteiger partial charge in [0.05, 0.1) is 0 Å². The molecule has 118 valence electrons. The molecule has 0 aromatic carbocycles. The molecule has 0 saturated carbocycles. The summed E-state index contributed by atoms with van der Waals surface area (Å²) < 4.78 is 18.1. The Labute approximate surface area is 126 Å². The van der Waals surface area contributed by atoms with Crippen molar-refractivity contribution in [3.63, 3.8) is 0 Å². The number of hydrogen-bond donors (Lipinski definition) is 0. The van der Waals surface area contributed by atoms with E-state index in [-0.39, 0.29) is 0 Å². The zero-order chi connectivity index (χ0) is 14.7. The Morgan fingerprint density at radius 1 is 0.800 bits per heavy atom. The Kier molecular flexibility index (Phi) is 9.43. The lowest BCUT2D eigenvalue weighted by molar-refractivity contribution is 0.0795. The van der Waals surface area contributed by atoms with Crippen LogP contribution in [0, 0.1) is 0 Å². The Hall–Kier alpha value is -0.163. The lowest BCUT2D eigenvalue weighted by atomic mass is 10.1. The maximum absolute atomic E-state index is 6.04. The summed E-state index contributed by atoms with van der Waals surface area (Å²) >= 11 is 0. The van der Waals surface area contributed by atoms with Crippen LogP contribution in [0.25, 0.3) is 0 Å². The largest absolute Gasteiger partial charge is 0.532 e. The van der Waals surface area contributed by atoms with Crippen molar-refractivity contribution in [1.29, 1.82) is 0 Å². The molecule has 0 spiro atoms. The average Bonchev–Trinajstić information content (AvgIpc) is 2.45. The van der Waals surface area contributed by atoms with Gasteiger partial charge in [0.1, 0.15) is 0 Å². The Balaban J connectivity index is 2.89. The van der Waals surface area contributed by atoms with Crippen LogP contribution in [0.5, 0.6) is 0 Å². The molecule has 0 atom stereocenters. The smallest absolute Gasteiger partial charge is 0.370 e. The average molecular weight is 301 g/mol. The first kappa shape index (κ1) is 17.9. The van der Waals surface area contributed by atoms with Gasteiger partial charge >= 0.3 is 8.80 Å². The predicted octanol–water partition coefficient (Wildman–Crippen LogP) is 4.63. The van der Waals surface area contributed by atoms with Gasteiger partial charge in [-0.1, -0.05) is 31.8 Å². The summed E-state index contributed by atoms with van der Waals surface area (Å²) in [4.78, 5) is 0. The van der Waals surface area contributed by atoms with Gasteiger partial charge in [0.25, 0.3) is 0 Å². The second-order valence-corrected chi connectivity index (χ2v) is 7.87. The quantitative estimate of drug-likeness (QED) is 0.641. The van der Waals surface area contributed by atoms with Gasteiger partial charge in [-0.05, 0) is 51.7 Å². The highest BCUT2D eigenvalue weighted by molar-refractivity contribution is 6.68. The highest BCUT2D eigenvalue weighted by Crippen LogP contribution is 2.27. The second kappa shape index (κ2) is 10.5. The molecule has 0 N–H and O–H groups in total. The van der Waals surface area contributed by atoms with Gasteiger partial charge in [-0.3, -0.25) is 0 Å². The van der Waals surface area contributed by atoms with Gasteiger partial charge < -0.3 is 13.3 Å². The Bertz CT molecular complexity index is 262. The zero-order valence-electron chi connectivity index (χ0n) is 13.6. The molecule has 0 bridgehead atoms.